The Morgan fingerprint density at radius 1 is 1.29 bits per heavy atom. The summed E-state index contributed by atoms with van der Waals surface area (Å²) in [4.78, 5) is 39.7. The van der Waals surface area contributed by atoms with Crippen LogP contribution in [0.25, 0.3) is 11.5 Å². The molecule has 0 saturated carbocycles. The Balaban J connectivity index is 1.52. The van der Waals surface area contributed by atoms with E-state index in [1.807, 2.05) is 13.0 Å². The van der Waals surface area contributed by atoms with Crippen LogP contribution in [0.5, 0.6) is 0 Å². The van der Waals surface area contributed by atoms with Gasteiger partial charge in [-0.2, -0.15) is 0 Å². The number of carbonyl (C=O) groups excluding carboxylic acids is 2. The van der Waals surface area contributed by atoms with Crippen LogP contribution >= 0.6 is 12.2 Å². The number of H-pyrrole nitrogens is 1. The van der Waals surface area contributed by atoms with Crippen LogP contribution in [0.2, 0.25) is 0 Å². The molecule has 3 rings (SSSR count). The van der Waals surface area contributed by atoms with Gasteiger partial charge in [0.05, 0.1) is 11.4 Å². The number of aromatic nitrogens is 3. The molecule has 4 N–H and O–H groups in total. The van der Waals surface area contributed by atoms with Gasteiger partial charge >= 0.3 is 0 Å². The van der Waals surface area contributed by atoms with Gasteiger partial charge in [-0.15, -0.1) is 0 Å². The van der Waals surface area contributed by atoms with Gasteiger partial charge in [0.25, 0.3) is 5.91 Å². The summed E-state index contributed by atoms with van der Waals surface area (Å²) in [5.74, 6) is -0.450. The Bertz CT molecular complexity index is 980. The van der Waals surface area contributed by atoms with E-state index in [0.717, 1.165) is 49.1 Å². The van der Waals surface area contributed by atoms with E-state index in [9.17, 15) is 9.59 Å². The summed E-state index contributed by atoms with van der Waals surface area (Å²) >= 11 is 5.10. The largest absolute Gasteiger partial charge is 0.401 e. The third kappa shape index (κ3) is 5.96. The molecule has 0 spiro atoms. The molecule has 10 heteroatoms. The molecule has 1 fully saturated rings. The van der Waals surface area contributed by atoms with E-state index in [0.29, 0.717) is 12.2 Å². The number of nitrogens with zero attached hydrogens (tertiary/aromatic N) is 4. The lowest BCUT2D eigenvalue weighted by molar-refractivity contribution is -0.136. The van der Waals surface area contributed by atoms with Crippen LogP contribution in [0.3, 0.4) is 0 Å². The fourth-order valence-corrected chi connectivity index (χ4v) is 3.67. The van der Waals surface area contributed by atoms with E-state index < -0.39 is 11.7 Å². The van der Waals surface area contributed by atoms with E-state index in [4.69, 9.17) is 18.0 Å². The van der Waals surface area contributed by atoms with E-state index in [1.54, 1.807) is 19.3 Å². The SMILES string of the molecule is CCC(=O)C(=O)NC(=S)/C=C(\N)CN1CCN(c2ccc(-c3ncc[nH]3)nc2C)CC1. The third-order valence-corrected chi connectivity index (χ3v) is 5.27. The number of pyridine rings is 1. The van der Waals surface area contributed by atoms with E-state index in [1.165, 1.54) is 6.08 Å². The van der Waals surface area contributed by atoms with Gasteiger partial charge in [-0.25, -0.2) is 9.97 Å². The number of carbonyl (C=O) groups is 2. The van der Waals surface area contributed by atoms with Crippen molar-refractivity contribution in [2.75, 3.05) is 37.6 Å². The second kappa shape index (κ2) is 10.3. The number of rotatable bonds is 7. The zero-order valence-corrected chi connectivity index (χ0v) is 18.5. The van der Waals surface area contributed by atoms with Gasteiger partial charge in [-0.3, -0.25) is 14.5 Å². The van der Waals surface area contributed by atoms with E-state index in [-0.39, 0.29) is 11.4 Å². The topological polar surface area (TPSA) is 120 Å². The van der Waals surface area contributed by atoms with Crippen LogP contribution in [0.15, 0.2) is 36.3 Å². The monoisotopic (exact) mass is 441 g/mol. The normalized spacial score (nSPS) is 15.0. The molecule has 0 aliphatic carbocycles. The zero-order valence-electron chi connectivity index (χ0n) is 17.7. The first-order valence-electron chi connectivity index (χ1n) is 10.2. The number of hydrogen-bond donors (Lipinski definition) is 3. The second-order valence-corrected chi connectivity index (χ2v) is 7.76. The summed E-state index contributed by atoms with van der Waals surface area (Å²) < 4.78 is 0. The Hall–Kier alpha value is -3.11. The number of nitrogens with two attached hydrogens (primary N) is 1. The highest BCUT2D eigenvalue weighted by Crippen LogP contribution is 2.23. The van der Waals surface area contributed by atoms with Gasteiger partial charge in [0, 0.05) is 57.2 Å². The molecule has 1 aliphatic rings. The van der Waals surface area contributed by atoms with Crippen molar-refractivity contribution in [2.24, 2.45) is 5.73 Å². The molecule has 0 unspecified atom stereocenters. The van der Waals surface area contributed by atoms with E-state index >= 15 is 0 Å². The highest BCUT2D eigenvalue weighted by atomic mass is 32.1. The average molecular weight is 442 g/mol. The predicted molar refractivity (Wildman–Crippen MR) is 124 cm³/mol. The Morgan fingerprint density at radius 3 is 2.65 bits per heavy atom. The number of aryl methyl sites for hydroxylation is 1. The maximum absolute atomic E-state index is 11.6. The third-order valence-electron chi connectivity index (χ3n) is 5.05. The lowest BCUT2D eigenvalue weighted by atomic mass is 10.2. The maximum atomic E-state index is 11.6. The molecule has 9 nitrogen and oxygen atoms in total. The summed E-state index contributed by atoms with van der Waals surface area (Å²) in [7, 11) is 0. The van der Waals surface area contributed by atoms with Crippen molar-refractivity contribution in [3.8, 4) is 11.5 Å². The Morgan fingerprint density at radius 2 is 2.03 bits per heavy atom. The first-order valence-corrected chi connectivity index (χ1v) is 10.6. The Kier molecular flexibility index (Phi) is 7.48. The van der Waals surface area contributed by atoms with Crippen molar-refractivity contribution in [2.45, 2.75) is 20.3 Å². The van der Waals surface area contributed by atoms with Gasteiger partial charge < -0.3 is 20.9 Å². The molecule has 0 aromatic carbocycles. The van der Waals surface area contributed by atoms with Crippen molar-refractivity contribution in [1.82, 2.24) is 25.2 Å². The quantitative estimate of drug-likeness (QED) is 0.333. The first-order chi connectivity index (χ1) is 14.9. The molecule has 0 bridgehead atoms. The molecule has 0 atom stereocenters. The molecule has 2 aromatic heterocycles. The number of aromatic amines is 1. The maximum Gasteiger partial charge on any atom is 0.292 e. The molecular formula is C21H27N7O2S. The average Bonchev–Trinajstić information content (AvgIpc) is 3.28. The number of anilines is 1. The fraction of sp³-hybridized carbons (Fsp3) is 0.381. The fourth-order valence-electron chi connectivity index (χ4n) is 3.42. The van der Waals surface area contributed by atoms with Crippen molar-refractivity contribution in [3.63, 3.8) is 0 Å². The summed E-state index contributed by atoms with van der Waals surface area (Å²) in [5, 5.41) is 2.39. The number of piperazine rings is 1. The molecule has 164 valence electrons. The van der Waals surface area contributed by atoms with Crippen LogP contribution in [0.1, 0.15) is 19.0 Å². The summed E-state index contributed by atoms with van der Waals surface area (Å²) in [6.07, 6.45) is 5.17. The van der Waals surface area contributed by atoms with Crippen molar-refractivity contribution in [3.05, 3.63) is 42.0 Å². The number of imidazole rings is 1. The van der Waals surface area contributed by atoms with Gasteiger partial charge in [0.1, 0.15) is 10.7 Å². The summed E-state index contributed by atoms with van der Waals surface area (Å²) in [6, 6.07) is 4.07. The van der Waals surface area contributed by atoms with Gasteiger partial charge in [0.2, 0.25) is 5.78 Å². The highest BCUT2D eigenvalue weighted by Gasteiger charge is 2.20. The van der Waals surface area contributed by atoms with E-state index in [2.05, 4.69) is 36.1 Å². The van der Waals surface area contributed by atoms with Crippen LogP contribution in [-0.4, -0.2) is 69.3 Å². The van der Waals surface area contributed by atoms with Gasteiger partial charge in [0.15, 0.2) is 5.82 Å². The smallest absolute Gasteiger partial charge is 0.292 e. The molecule has 0 radical (unpaired) electrons. The molecule has 3 heterocycles. The lowest BCUT2D eigenvalue weighted by Gasteiger charge is -2.36. The number of thiocarbonyl (C=S) groups is 1. The number of amides is 1. The second-order valence-electron chi connectivity index (χ2n) is 7.32. The van der Waals surface area contributed by atoms with Crippen LogP contribution in [-0.2, 0) is 9.59 Å². The van der Waals surface area contributed by atoms with Crippen LogP contribution < -0.4 is 16.0 Å². The molecule has 1 saturated heterocycles. The molecule has 1 amide bonds. The minimum absolute atomic E-state index is 0.137. The summed E-state index contributed by atoms with van der Waals surface area (Å²) in [5.41, 5.74) is 9.53. The molecule has 1 aliphatic heterocycles. The van der Waals surface area contributed by atoms with Crippen molar-refractivity contribution >= 4 is 34.6 Å². The minimum Gasteiger partial charge on any atom is -0.401 e. The predicted octanol–water partition coefficient (Wildman–Crippen LogP) is 1.17. The minimum atomic E-state index is -0.702. The van der Waals surface area contributed by atoms with Crippen molar-refractivity contribution < 1.29 is 9.59 Å². The molecular weight excluding hydrogens is 414 g/mol. The number of hydrogen-bond acceptors (Lipinski definition) is 8. The summed E-state index contributed by atoms with van der Waals surface area (Å²) in [6.45, 7) is 7.54. The lowest BCUT2D eigenvalue weighted by Crippen LogP contribution is -2.47. The van der Waals surface area contributed by atoms with Crippen LogP contribution in [0, 0.1) is 6.92 Å². The molecule has 31 heavy (non-hydrogen) atoms. The molecule has 2 aromatic rings. The number of Topliss-reactive ketones (excluding diaryl/α,β-unsaturated/α-hetero) is 1. The van der Waals surface area contributed by atoms with Gasteiger partial charge in [-0.1, -0.05) is 19.1 Å². The zero-order chi connectivity index (χ0) is 22.4. The van der Waals surface area contributed by atoms with Crippen molar-refractivity contribution in [1.29, 1.82) is 0 Å². The standard InChI is InChI=1S/C21H27N7O2S/c1-3-18(29)21(30)26-19(31)12-15(22)13-27-8-10-28(11-9-27)17-5-4-16(25-14(17)2)20-23-6-7-24-20/h4-7,12H,3,8-11,13,22H2,1-2H3,(H,23,24)(H,26,30,31)/b15-12-. The first kappa shape index (κ1) is 22.6. The Labute approximate surface area is 186 Å². The van der Waals surface area contributed by atoms with Gasteiger partial charge in [-0.05, 0) is 25.1 Å². The number of ketones is 1. The van der Waals surface area contributed by atoms with Crippen LogP contribution in [0.4, 0.5) is 5.69 Å². The highest BCUT2D eigenvalue weighted by molar-refractivity contribution is 7.80. The number of nitrogens with one attached hydrogen (secondary N) is 2.